The van der Waals surface area contributed by atoms with Crippen LogP contribution in [0.3, 0.4) is 0 Å². The largest absolute Gasteiger partial charge is 0.463 e. The third-order valence-electron chi connectivity index (χ3n) is 10.2. The fourth-order valence-electron chi connectivity index (χ4n) is 7.46. The number of nitrogens with zero attached hydrogens (tertiary/aromatic N) is 7. The molecule has 12 heteroatoms. The molecule has 1 saturated carbocycles. The summed E-state index contributed by atoms with van der Waals surface area (Å²) in [5.41, 5.74) is 2.80. The van der Waals surface area contributed by atoms with Crippen molar-refractivity contribution >= 4 is 39.8 Å². The molecule has 1 aromatic heterocycles. The number of ether oxygens (including phenoxy) is 2. The molecular formula is C36H41ClFN7O3. The zero-order valence-electron chi connectivity index (χ0n) is 27.5. The van der Waals surface area contributed by atoms with Crippen LogP contribution in [-0.4, -0.2) is 103 Å². The third kappa shape index (κ3) is 6.29. The minimum absolute atomic E-state index is 0.0508. The Labute approximate surface area is 285 Å². The third-order valence-corrected chi connectivity index (χ3v) is 10.5. The fourth-order valence-corrected chi connectivity index (χ4v) is 7.74. The topological polar surface area (TPSA) is 78.6 Å². The number of aromatic nitrogens is 2. The average molecular weight is 674 g/mol. The molecule has 252 valence electrons. The first-order chi connectivity index (χ1) is 23.2. The Bertz CT molecular complexity index is 1770. The number of rotatable bonds is 10. The zero-order chi connectivity index (χ0) is 33.6. The van der Waals surface area contributed by atoms with Crippen LogP contribution in [0.2, 0.25) is 5.02 Å². The van der Waals surface area contributed by atoms with Crippen molar-refractivity contribution in [2.24, 2.45) is 5.41 Å². The van der Waals surface area contributed by atoms with Gasteiger partial charge in [-0.3, -0.25) is 4.79 Å². The van der Waals surface area contributed by atoms with Crippen molar-refractivity contribution < 1.29 is 18.7 Å². The second kappa shape index (κ2) is 13.1. The van der Waals surface area contributed by atoms with Gasteiger partial charge in [-0.15, -0.1) is 0 Å². The highest BCUT2D eigenvalue weighted by atomic mass is 35.5. The van der Waals surface area contributed by atoms with Gasteiger partial charge in [0, 0.05) is 54.9 Å². The lowest BCUT2D eigenvalue weighted by Crippen LogP contribution is -2.57. The molecule has 4 aliphatic rings. The number of fused-ring (bicyclic) bond motifs is 2. The predicted molar refractivity (Wildman–Crippen MR) is 184 cm³/mol. The molecule has 0 radical (unpaired) electrons. The van der Waals surface area contributed by atoms with Crippen LogP contribution in [0.25, 0.3) is 15.6 Å². The maximum Gasteiger partial charge on any atom is 0.318 e. The standard InChI is InChI=1S/C36H41ClFN7O3/c1-23-15-28-30(18-45(23)31-10-6-8-25-7-5-9-29(37)32(25)31)40-35(48-22-36(20-47-21-36)19-42(4)26-11-12-26)41-33(28)43-13-14-44(34(46)24(2)38)27(17-43)16-39-3/h5-10,23,26-27H,2,11-22H2,1,4H3/t23-,27-/m0/s1. The first-order valence-electron chi connectivity index (χ1n) is 16.6. The number of piperazine rings is 1. The molecule has 0 N–H and O–H groups in total. The minimum atomic E-state index is -1.02. The van der Waals surface area contributed by atoms with Crippen molar-refractivity contribution in [3.8, 4) is 6.01 Å². The number of benzene rings is 2. The van der Waals surface area contributed by atoms with E-state index in [0.717, 1.165) is 40.1 Å². The number of carbonyl (C=O) groups is 1. The van der Waals surface area contributed by atoms with Crippen molar-refractivity contribution in [1.29, 1.82) is 0 Å². The first kappa shape index (κ1) is 32.6. The van der Waals surface area contributed by atoms with Crippen LogP contribution in [0.1, 0.15) is 31.0 Å². The number of hydrogen-bond acceptors (Lipinski definition) is 8. The summed E-state index contributed by atoms with van der Waals surface area (Å²) in [6.07, 6.45) is 3.13. The Morgan fingerprint density at radius 3 is 2.69 bits per heavy atom. The van der Waals surface area contributed by atoms with Gasteiger partial charge >= 0.3 is 6.01 Å². The number of amides is 1. The molecule has 4 heterocycles. The molecular weight excluding hydrogens is 633 g/mol. The van der Waals surface area contributed by atoms with E-state index >= 15 is 0 Å². The highest BCUT2D eigenvalue weighted by molar-refractivity contribution is 6.36. The molecule has 48 heavy (non-hydrogen) atoms. The van der Waals surface area contributed by atoms with Crippen molar-refractivity contribution in [3.05, 3.63) is 76.5 Å². The predicted octanol–water partition coefficient (Wildman–Crippen LogP) is 5.14. The molecule has 2 atom stereocenters. The van der Waals surface area contributed by atoms with Crippen molar-refractivity contribution in [3.63, 3.8) is 0 Å². The van der Waals surface area contributed by atoms with E-state index in [-0.39, 0.29) is 24.5 Å². The Morgan fingerprint density at radius 1 is 1.23 bits per heavy atom. The van der Waals surface area contributed by atoms with Crippen LogP contribution in [0, 0.1) is 12.0 Å². The number of hydrogen-bond donors (Lipinski definition) is 0. The Hall–Kier alpha value is -3.98. The second-order valence-corrected chi connectivity index (χ2v) is 14.2. The summed E-state index contributed by atoms with van der Waals surface area (Å²) in [5.74, 6) is -1.04. The van der Waals surface area contributed by atoms with Gasteiger partial charge in [-0.25, -0.2) is 11.0 Å². The van der Waals surface area contributed by atoms with E-state index in [2.05, 4.69) is 64.4 Å². The SMILES string of the molecule is [C-]#[N+]C[C@H]1CN(c2nc(OCC3(CN(C)C4CC4)COC3)nc3c2C[C@H](C)N(c2cccc4cccc(Cl)c24)C3)CCN1C(=O)C(=C)F. The molecule has 0 unspecified atom stereocenters. The van der Waals surface area contributed by atoms with E-state index in [1.54, 1.807) is 0 Å². The Kier molecular flexibility index (Phi) is 8.92. The van der Waals surface area contributed by atoms with Gasteiger partial charge in [0.1, 0.15) is 18.5 Å². The smallest absolute Gasteiger partial charge is 0.318 e. The summed E-state index contributed by atoms with van der Waals surface area (Å²) < 4.78 is 26.1. The fraction of sp³-hybridized carbons (Fsp3) is 0.500. The van der Waals surface area contributed by atoms with Gasteiger partial charge in [-0.05, 0) is 50.8 Å². The summed E-state index contributed by atoms with van der Waals surface area (Å²) in [7, 11) is 2.17. The Morgan fingerprint density at radius 2 is 2.00 bits per heavy atom. The molecule has 2 saturated heterocycles. The van der Waals surface area contributed by atoms with E-state index < -0.39 is 17.8 Å². The van der Waals surface area contributed by atoms with Crippen molar-refractivity contribution in [2.75, 3.05) is 69.4 Å². The molecule has 3 fully saturated rings. The zero-order valence-corrected chi connectivity index (χ0v) is 28.3. The van der Waals surface area contributed by atoms with E-state index in [9.17, 15) is 9.18 Å². The second-order valence-electron chi connectivity index (χ2n) is 13.8. The Balaban J connectivity index is 1.23. The molecule has 3 aromatic rings. The summed E-state index contributed by atoms with van der Waals surface area (Å²) in [6.45, 7) is 17.1. The molecule has 0 bridgehead atoms. The molecule has 2 aromatic carbocycles. The molecule has 7 rings (SSSR count). The molecule has 0 spiro atoms. The quantitative estimate of drug-likeness (QED) is 0.216. The van der Waals surface area contributed by atoms with E-state index in [0.29, 0.717) is 63.0 Å². The van der Waals surface area contributed by atoms with Crippen LogP contribution in [-0.2, 0) is 22.5 Å². The number of halogens is 2. The van der Waals surface area contributed by atoms with Crippen LogP contribution >= 0.6 is 11.6 Å². The van der Waals surface area contributed by atoms with E-state index in [1.807, 2.05) is 12.1 Å². The minimum Gasteiger partial charge on any atom is -0.463 e. The van der Waals surface area contributed by atoms with Crippen LogP contribution in [0.4, 0.5) is 15.9 Å². The average Bonchev–Trinajstić information content (AvgIpc) is 3.91. The maximum absolute atomic E-state index is 13.9. The van der Waals surface area contributed by atoms with E-state index in [4.69, 9.17) is 37.6 Å². The summed E-state index contributed by atoms with van der Waals surface area (Å²) in [5, 5.41) is 2.78. The molecule has 1 amide bonds. The van der Waals surface area contributed by atoms with Crippen LogP contribution < -0.4 is 14.5 Å². The lowest BCUT2D eigenvalue weighted by molar-refractivity contribution is -0.143. The number of anilines is 2. The number of carbonyl (C=O) groups excluding carboxylic acids is 1. The van der Waals surface area contributed by atoms with Crippen molar-refractivity contribution in [1.82, 2.24) is 19.8 Å². The lowest BCUT2D eigenvalue weighted by Gasteiger charge is -2.44. The van der Waals surface area contributed by atoms with Gasteiger partial charge in [0.25, 0.3) is 5.91 Å². The summed E-state index contributed by atoms with van der Waals surface area (Å²) in [4.78, 5) is 34.5. The first-order valence-corrected chi connectivity index (χ1v) is 17.0. The highest BCUT2D eigenvalue weighted by Gasteiger charge is 2.44. The monoisotopic (exact) mass is 673 g/mol. The molecule has 3 aliphatic heterocycles. The van der Waals surface area contributed by atoms with Gasteiger partial charge < -0.3 is 33.9 Å². The maximum atomic E-state index is 13.9. The van der Waals surface area contributed by atoms with Gasteiger partial charge in [0.2, 0.25) is 6.54 Å². The summed E-state index contributed by atoms with van der Waals surface area (Å²) >= 11 is 6.77. The van der Waals surface area contributed by atoms with Gasteiger partial charge in [-0.2, -0.15) is 9.97 Å². The van der Waals surface area contributed by atoms with Crippen LogP contribution in [0.5, 0.6) is 6.01 Å². The van der Waals surface area contributed by atoms with Crippen molar-refractivity contribution in [2.45, 2.75) is 50.9 Å². The van der Waals surface area contributed by atoms with Gasteiger partial charge in [0.15, 0.2) is 5.83 Å². The summed E-state index contributed by atoms with van der Waals surface area (Å²) in [6, 6.07) is 12.7. The van der Waals surface area contributed by atoms with Gasteiger partial charge in [0.05, 0.1) is 35.9 Å². The lowest BCUT2D eigenvalue weighted by atomic mass is 9.86. The normalized spacial score (nSPS) is 21.9. The van der Waals surface area contributed by atoms with E-state index in [1.165, 1.54) is 17.7 Å². The molecule has 1 aliphatic carbocycles. The van der Waals surface area contributed by atoms with Crippen LogP contribution in [0.15, 0.2) is 48.8 Å². The highest BCUT2D eigenvalue weighted by Crippen LogP contribution is 2.40. The van der Waals surface area contributed by atoms with Gasteiger partial charge in [-0.1, -0.05) is 42.4 Å². The molecule has 10 nitrogen and oxygen atoms in total.